The first kappa shape index (κ1) is 15.6. The summed E-state index contributed by atoms with van der Waals surface area (Å²) in [6, 6.07) is 9.65. The van der Waals surface area contributed by atoms with Crippen LogP contribution in [0.3, 0.4) is 0 Å². The zero-order valence-electron chi connectivity index (χ0n) is 12.2. The molecule has 0 aliphatic rings. The fourth-order valence-electron chi connectivity index (χ4n) is 1.94. The highest BCUT2D eigenvalue weighted by Gasteiger charge is 2.22. The summed E-state index contributed by atoms with van der Waals surface area (Å²) in [5, 5.41) is 0. The van der Waals surface area contributed by atoms with Crippen LogP contribution in [-0.2, 0) is 9.84 Å². The van der Waals surface area contributed by atoms with Crippen molar-refractivity contribution in [2.45, 2.75) is 30.9 Å². The lowest BCUT2D eigenvalue weighted by Crippen LogP contribution is -2.28. The average molecular weight is 309 g/mol. The van der Waals surface area contributed by atoms with E-state index in [4.69, 9.17) is 14.9 Å². The maximum Gasteiger partial charge on any atom is 0.175 e. The fourth-order valence-corrected chi connectivity index (χ4v) is 2.57. The molecular weight excluding hydrogens is 290 g/mol. The predicted octanol–water partition coefficient (Wildman–Crippen LogP) is 2.46. The van der Waals surface area contributed by atoms with Crippen LogP contribution in [0.15, 0.2) is 45.7 Å². The summed E-state index contributed by atoms with van der Waals surface area (Å²) >= 11 is 0. The van der Waals surface area contributed by atoms with Crippen LogP contribution >= 0.6 is 0 Å². The van der Waals surface area contributed by atoms with Crippen LogP contribution in [0.25, 0.3) is 0 Å². The SMILES string of the molecule is Cc1ccc(C(Oc2ccc(S(C)(=O)=O)cc2)C(C)N)o1. The van der Waals surface area contributed by atoms with Gasteiger partial charge in [0.05, 0.1) is 4.90 Å². The van der Waals surface area contributed by atoms with Crippen LogP contribution in [0.5, 0.6) is 5.75 Å². The molecule has 5 nitrogen and oxygen atoms in total. The van der Waals surface area contributed by atoms with Gasteiger partial charge in [-0.1, -0.05) is 0 Å². The van der Waals surface area contributed by atoms with Crippen LogP contribution in [-0.4, -0.2) is 20.7 Å². The molecule has 6 heteroatoms. The van der Waals surface area contributed by atoms with Crippen molar-refractivity contribution in [3.05, 3.63) is 47.9 Å². The van der Waals surface area contributed by atoms with Crippen molar-refractivity contribution >= 4 is 9.84 Å². The molecule has 1 heterocycles. The second-order valence-corrected chi connectivity index (χ2v) is 7.11. The van der Waals surface area contributed by atoms with Gasteiger partial charge in [0.1, 0.15) is 17.3 Å². The van der Waals surface area contributed by atoms with Crippen LogP contribution in [0.4, 0.5) is 0 Å². The van der Waals surface area contributed by atoms with Gasteiger partial charge >= 0.3 is 0 Å². The zero-order chi connectivity index (χ0) is 15.6. The zero-order valence-corrected chi connectivity index (χ0v) is 13.1. The van der Waals surface area contributed by atoms with E-state index in [0.29, 0.717) is 11.5 Å². The number of nitrogens with two attached hydrogens (primary N) is 1. The van der Waals surface area contributed by atoms with E-state index in [9.17, 15) is 8.42 Å². The Balaban J connectivity index is 2.22. The lowest BCUT2D eigenvalue weighted by Gasteiger charge is -2.20. The van der Waals surface area contributed by atoms with E-state index in [0.717, 1.165) is 5.76 Å². The summed E-state index contributed by atoms with van der Waals surface area (Å²) in [6.45, 7) is 3.68. The number of hydrogen-bond donors (Lipinski definition) is 1. The first-order valence-corrected chi connectivity index (χ1v) is 8.45. The smallest absolute Gasteiger partial charge is 0.175 e. The van der Waals surface area contributed by atoms with E-state index < -0.39 is 15.9 Å². The molecule has 1 aromatic heterocycles. The summed E-state index contributed by atoms with van der Waals surface area (Å²) in [5.74, 6) is 1.97. The number of hydrogen-bond acceptors (Lipinski definition) is 5. The van der Waals surface area contributed by atoms with Gasteiger partial charge in [0.2, 0.25) is 0 Å². The predicted molar refractivity (Wildman–Crippen MR) is 80.0 cm³/mol. The average Bonchev–Trinajstić information content (AvgIpc) is 2.81. The van der Waals surface area contributed by atoms with Gasteiger partial charge in [-0.2, -0.15) is 0 Å². The molecule has 2 aromatic rings. The maximum absolute atomic E-state index is 11.4. The Hall–Kier alpha value is -1.79. The Bertz CT molecular complexity index is 702. The van der Waals surface area contributed by atoms with Crippen molar-refractivity contribution in [3.8, 4) is 5.75 Å². The molecule has 0 aliphatic heterocycles. The minimum atomic E-state index is -3.21. The van der Waals surface area contributed by atoms with Gasteiger partial charge in [-0.3, -0.25) is 0 Å². The molecule has 0 spiro atoms. The topological polar surface area (TPSA) is 82.5 Å². The lowest BCUT2D eigenvalue weighted by atomic mass is 10.1. The number of sulfone groups is 1. The van der Waals surface area contributed by atoms with E-state index in [-0.39, 0.29) is 10.9 Å². The first-order valence-electron chi connectivity index (χ1n) is 6.56. The summed E-state index contributed by atoms with van der Waals surface area (Å²) in [5.41, 5.74) is 5.94. The van der Waals surface area contributed by atoms with Gasteiger partial charge in [-0.25, -0.2) is 8.42 Å². The highest BCUT2D eigenvalue weighted by molar-refractivity contribution is 7.90. The largest absolute Gasteiger partial charge is 0.481 e. The third kappa shape index (κ3) is 3.86. The highest BCUT2D eigenvalue weighted by atomic mass is 32.2. The Kier molecular flexibility index (Phi) is 4.39. The molecule has 114 valence electrons. The number of aryl methyl sites for hydroxylation is 1. The summed E-state index contributed by atoms with van der Waals surface area (Å²) in [4.78, 5) is 0.251. The quantitative estimate of drug-likeness (QED) is 0.917. The monoisotopic (exact) mass is 309 g/mol. The third-order valence-electron chi connectivity index (χ3n) is 3.03. The van der Waals surface area contributed by atoms with Crippen molar-refractivity contribution in [1.82, 2.24) is 0 Å². The minimum absolute atomic E-state index is 0.251. The normalized spacial score (nSPS) is 14.7. The van der Waals surface area contributed by atoms with Crippen molar-refractivity contribution in [2.24, 2.45) is 5.73 Å². The standard InChI is InChI=1S/C15H19NO4S/c1-10-4-9-14(19-10)15(11(2)16)20-12-5-7-13(8-6-12)21(3,17)18/h4-9,11,15H,16H2,1-3H3. The van der Waals surface area contributed by atoms with Crippen molar-refractivity contribution in [2.75, 3.05) is 6.26 Å². The Morgan fingerprint density at radius 2 is 1.76 bits per heavy atom. The van der Waals surface area contributed by atoms with Gasteiger partial charge < -0.3 is 14.9 Å². The molecule has 0 fully saturated rings. The molecule has 2 atom stereocenters. The van der Waals surface area contributed by atoms with Crippen molar-refractivity contribution < 1.29 is 17.6 Å². The molecule has 0 bridgehead atoms. The molecule has 2 rings (SSSR count). The van der Waals surface area contributed by atoms with Crippen LogP contribution < -0.4 is 10.5 Å². The molecule has 2 unspecified atom stereocenters. The lowest BCUT2D eigenvalue weighted by molar-refractivity contribution is 0.151. The number of rotatable bonds is 5. The molecule has 2 N–H and O–H groups in total. The Morgan fingerprint density at radius 3 is 2.19 bits per heavy atom. The number of furan rings is 1. The van der Waals surface area contributed by atoms with Gasteiger partial charge in [-0.05, 0) is 50.2 Å². The summed E-state index contributed by atoms with van der Waals surface area (Å²) in [7, 11) is -3.21. The van der Waals surface area contributed by atoms with E-state index in [1.54, 1.807) is 12.1 Å². The van der Waals surface area contributed by atoms with Crippen molar-refractivity contribution in [3.63, 3.8) is 0 Å². The number of ether oxygens (including phenoxy) is 1. The molecule has 0 radical (unpaired) electrons. The van der Waals surface area contributed by atoms with Crippen LogP contribution in [0.1, 0.15) is 24.5 Å². The van der Waals surface area contributed by atoms with Gasteiger partial charge in [-0.15, -0.1) is 0 Å². The van der Waals surface area contributed by atoms with Gasteiger partial charge in [0, 0.05) is 12.3 Å². The van der Waals surface area contributed by atoms with Crippen LogP contribution in [0, 0.1) is 6.92 Å². The van der Waals surface area contributed by atoms with E-state index >= 15 is 0 Å². The Morgan fingerprint density at radius 1 is 1.14 bits per heavy atom. The highest BCUT2D eigenvalue weighted by Crippen LogP contribution is 2.26. The fraction of sp³-hybridized carbons (Fsp3) is 0.333. The maximum atomic E-state index is 11.4. The first-order chi connectivity index (χ1) is 9.77. The minimum Gasteiger partial charge on any atom is -0.481 e. The molecule has 0 amide bonds. The van der Waals surface area contributed by atoms with E-state index in [1.807, 2.05) is 26.0 Å². The molecule has 0 saturated carbocycles. The molecule has 21 heavy (non-hydrogen) atoms. The third-order valence-corrected chi connectivity index (χ3v) is 4.16. The Labute approximate surface area is 124 Å². The summed E-state index contributed by atoms with van der Waals surface area (Å²) < 4.78 is 34.2. The second-order valence-electron chi connectivity index (χ2n) is 5.09. The van der Waals surface area contributed by atoms with Crippen LogP contribution in [0.2, 0.25) is 0 Å². The van der Waals surface area contributed by atoms with E-state index in [2.05, 4.69) is 0 Å². The molecule has 0 saturated heterocycles. The summed E-state index contributed by atoms with van der Waals surface area (Å²) in [6.07, 6.45) is 0.738. The second kappa shape index (κ2) is 5.91. The van der Waals surface area contributed by atoms with Crippen molar-refractivity contribution in [1.29, 1.82) is 0 Å². The molecule has 0 aliphatic carbocycles. The van der Waals surface area contributed by atoms with Gasteiger partial charge in [0.25, 0.3) is 0 Å². The molecule has 1 aromatic carbocycles. The number of benzene rings is 1. The van der Waals surface area contributed by atoms with Gasteiger partial charge in [0.15, 0.2) is 15.9 Å². The molecular formula is C15H19NO4S. The van der Waals surface area contributed by atoms with E-state index in [1.165, 1.54) is 18.4 Å².